The molecule has 0 saturated carbocycles. The van der Waals surface area contributed by atoms with Gasteiger partial charge in [0.1, 0.15) is 5.82 Å². The summed E-state index contributed by atoms with van der Waals surface area (Å²) < 4.78 is 13.3. The average molecular weight is 289 g/mol. The molecule has 2 heterocycles. The summed E-state index contributed by atoms with van der Waals surface area (Å²) in [5.74, 6) is 1.21. The van der Waals surface area contributed by atoms with Crippen molar-refractivity contribution in [1.29, 1.82) is 0 Å². The average Bonchev–Trinajstić information content (AvgIpc) is 3.00. The molecule has 0 unspecified atom stereocenters. The molecular weight excluding hydrogens is 269 g/mol. The van der Waals surface area contributed by atoms with Crippen molar-refractivity contribution in [3.8, 4) is 11.4 Å². The molecule has 2 aromatic rings. The monoisotopic (exact) mass is 289 g/mol. The van der Waals surface area contributed by atoms with Gasteiger partial charge in [0.2, 0.25) is 5.95 Å². The number of hydrogen-bond donors (Lipinski definition) is 2. The van der Waals surface area contributed by atoms with Crippen molar-refractivity contribution in [2.45, 2.75) is 25.8 Å². The van der Waals surface area contributed by atoms with Crippen LogP contribution in [0, 0.1) is 12.7 Å². The van der Waals surface area contributed by atoms with Gasteiger partial charge in [-0.15, -0.1) is 5.10 Å². The number of nitrogens with zero attached hydrogens (tertiary/aromatic N) is 3. The maximum absolute atomic E-state index is 13.3. The summed E-state index contributed by atoms with van der Waals surface area (Å²) in [5, 5.41) is 10.6. The van der Waals surface area contributed by atoms with E-state index in [0.29, 0.717) is 17.4 Å². The van der Waals surface area contributed by atoms with Gasteiger partial charge in [0.15, 0.2) is 5.82 Å². The summed E-state index contributed by atoms with van der Waals surface area (Å²) in [7, 11) is 2.00. The molecule has 1 aromatic carbocycles. The zero-order valence-corrected chi connectivity index (χ0v) is 12.4. The predicted octanol–water partition coefficient (Wildman–Crippen LogP) is 2.11. The number of H-pyrrole nitrogens is 1. The predicted molar refractivity (Wildman–Crippen MR) is 80.8 cm³/mol. The Morgan fingerprint density at radius 2 is 2.10 bits per heavy atom. The quantitative estimate of drug-likeness (QED) is 0.908. The lowest BCUT2D eigenvalue weighted by molar-refractivity contribution is 0.439. The number of hydrogen-bond acceptors (Lipinski definition) is 4. The molecule has 0 amide bonds. The Bertz CT molecular complexity index is 616. The summed E-state index contributed by atoms with van der Waals surface area (Å²) in [6.45, 7) is 3.65. The van der Waals surface area contributed by atoms with E-state index in [0.717, 1.165) is 37.4 Å². The van der Waals surface area contributed by atoms with E-state index in [1.54, 1.807) is 19.1 Å². The Kier molecular flexibility index (Phi) is 3.88. The number of piperidine rings is 1. The van der Waals surface area contributed by atoms with E-state index in [1.807, 2.05) is 7.05 Å². The number of nitrogens with one attached hydrogen (secondary N) is 2. The van der Waals surface area contributed by atoms with Crippen LogP contribution in [0.5, 0.6) is 0 Å². The van der Waals surface area contributed by atoms with Crippen molar-refractivity contribution in [1.82, 2.24) is 20.5 Å². The van der Waals surface area contributed by atoms with E-state index in [9.17, 15) is 4.39 Å². The van der Waals surface area contributed by atoms with Gasteiger partial charge in [-0.1, -0.05) is 0 Å². The third kappa shape index (κ3) is 2.90. The topological polar surface area (TPSA) is 56.8 Å². The maximum Gasteiger partial charge on any atom is 0.245 e. The van der Waals surface area contributed by atoms with Crippen LogP contribution in [0.2, 0.25) is 0 Å². The molecule has 0 radical (unpaired) electrons. The van der Waals surface area contributed by atoms with Crippen molar-refractivity contribution in [3.05, 3.63) is 29.6 Å². The van der Waals surface area contributed by atoms with E-state index in [2.05, 4.69) is 25.4 Å². The van der Waals surface area contributed by atoms with Crippen LogP contribution in [0.1, 0.15) is 18.4 Å². The molecule has 2 N–H and O–H groups in total. The number of benzene rings is 1. The zero-order valence-electron chi connectivity index (χ0n) is 12.4. The lowest BCUT2D eigenvalue weighted by Crippen LogP contribution is -2.41. The first-order valence-electron chi connectivity index (χ1n) is 7.28. The Morgan fingerprint density at radius 1 is 1.33 bits per heavy atom. The van der Waals surface area contributed by atoms with Gasteiger partial charge in [-0.2, -0.15) is 4.98 Å². The highest BCUT2D eigenvalue weighted by molar-refractivity contribution is 5.57. The fourth-order valence-electron chi connectivity index (χ4n) is 2.68. The van der Waals surface area contributed by atoms with Gasteiger partial charge in [-0.3, -0.25) is 5.10 Å². The summed E-state index contributed by atoms with van der Waals surface area (Å²) in [5.41, 5.74) is 1.47. The van der Waals surface area contributed by atoms with E-state index in [-0.39, 0.29) is 5.82 Å². The first-order chi connectivity index (χ1) is 10.2. The first-order valence-corrected chi connectivity index (χ1v) is 7.28. The van der Waals surface area contributed by atoms with Gasteiger partial charge < -0.3 is 10.2 Å². The van der Waals surface area contributed by atoms with Crippen LogP contribution in [-0.2, 0) is 0 Å². The second-order valence-corrected chi connectivity index (χ2v) is 5.50. The Labute approximate surface area is 123 Å². The Morgan fingerprint density at radius 3 is 2.76 bits per heavy atom. The fourth-order valence-corrected chi connectivity index (χ4v) is 2.68. The van der Waals surface area contributed by atoms with Crippen LogP contribution in [0.4, 0.5) is 10.3 Å². The highest BCUT2D eigenvalue weighted by atomic mass is 19.1. The second-order valence-electron chi connectivity index (χ2n) is 5.50. The lowest BCUT2D eigenvalue weighted by atomic mass is 10.1. The molecule has 1 fully saturated rings. The normalized spacial score (nSPS) is 16.4. The van der Waals surface area contributed by atoms with Crippen LogP contribution >= 0.6 is 0 Å². The molecule has 21 heavy (non-hydrogen) atoms. The maximum atomic E-state index is 13.3. The molecule has 1 aliphatic rings. The van der Waals surface area contributed by atoms with E-state index < -0.39 is 0 Å². The van der Waals surface area contributed by atoms with Gasteiger partial charge in [0.05, 0.1) is 0 Å². The van der Waals surface area contributed by atoms with Crippen LogP contribution < -0.4 is 10.2 Å². The molecule has 5 nitrogen and oxygen atoms in total. The molecule has 0 atom stereocenters. The third-order valence-electron chi connectivity index (χ3n) is 4.09. The molecule has 112 valence electrons. The van der Waals surface area contributed by atoms with Gasteiger partial charge in [-0.25, -0.2) is 4.39 Å². The largest absolute Gasteiger partial charge is 0.339 e. The highest BCUT2D eigenvalue weighted by Crippen LogP contribution is 2.22. The molecule has 0 aliphatic carbocycles. The van der Waals surface area contributed by atoms with Gasteiger partial charge in [0, 0.05) is 24.7 Å². The number of rotatable bonds is 3. The van der Waals surface area contributed by atoms with Crippen molar-refractivity contribution in [3.63, 3.8) is 0 Å². The summed E-state index contributed by atoms with van der Waals surface area (Å²) >= 11 is 0. The summed E-state index contributed by atoms with van der Waals surface area (Å²) in [4.78, 5) is 6.73. The van der Waals surface area contributed by atoms with Gasteiger partial charge >= 0.3 is 0 Å². The van der Waals surface area contributed by atoms with Crippen LogP contribution in [-0.4, -0.2) is 41.4 Å². The first kappa shape index (κ1) is 14.0. The lowest BCUT2D eigenvalue weighted by Gasteiger charge is -2.30. The second kappa shape index (κ2) is 5.81. The molecule has 0 bridgehead atoms. The molecule has 1 aromatic heterocycles. The summed E-state index contributed by atoms with van der Waals surface area (Å²) in [6.07, 6.45) is 2.19. The van der Waals surface area contributed by atoms with E-state index >= 15 is 0 Å². The number of anilines is 1. The molecule has 3 rings (SSSR count). The SMILES string of the molecule is CNC1CCN(c2n[nH]c(-c3ccc(F)c(C)c3)n2)CC1. The highest BCUT2D eigenvalue weighted by Gasteiger charge is 2.21. The molecule has 1 aliphatic heterocycles. The van der Waals surface area contributed by atoms with Crippen LogP contribution in [0.15, 0.2) is 18.2 Å². The van der Waals surface area contributed by atoms with Crippen molar-refractivity contribution < 1.29 is 4.39 Å². The summed E-state index contributed by atoms with van der Waals surface area (Å²) in [6, 6.07) is 5.55. The number of aromatic amines is 1. The smallest absolute Gasteiger partial charge is 0.245 e. The van der Waals surface area contributed by atoms with Gasteiger partial charge in [0.25, 0.3) is 0 Å². The Balaban J connectivity index is 1.76. The van der Waals surface area contributed by atoms with Crippen molar-refractivity contribution in [2.24, 2.45) is 0 Å². The standard InChI is InChI=1S/C15H20FN5/c1-10-9-11(3-4-13(10)16)14-18-15(20-19-14)21-7-5-12(17-2)6-8-21/h3-4,9,12,17H,5-8H2,1-2H3,(H,18,19,20). The van der Waals surface area contributed by atoms with E-state index in [4.69, 9.17) is 0 Å². The zero-order chi connectivity index (χ0) is 14.8. The number of aromatic nitrogens is 3. The van der Waals surface area contributed by atoms with Crippen LogP contribution in [0.3, 0.4) is 0 Å². The minimum atomic E-state index is -0.201. The molecule has 6 heteroatoms. The fraction of sp³-hybridized carbons (Fsp3) is 0.467. The number of aryl methyl sites for hydroxylation is 1. The Hall–Kier alpha value is -1.95. The third-order valence-corrected chi connectivity index (χ3v) is 4.09. The number of halogens is 1. The van der Waals surface area contributed by atoms with E-state index in [1.165, 1.54) is 6.07 Å². The minimum absolute atomic E-state index is 0.201. The van der Waals surface area contributed by atoms with Crippen molar-refractivity contribution >= 4 is 5.95 Å². The molecular formula is C15H20FN5. The van der Waals surface area contributed by atoms with Crippen LogP contribution in [0.25, 0.3) is 11.4 Å². The molecule has 0 spiro atoms. The van der Waals surface area contributed by atoms with Gasteiger partial charge in [-0.05, 0) is 50.6 Å². The molecule has 1 saturated heterocycles. The van der Waals surface area contributed by atoms with Crippen molar-refractivity contribution in [2.75, 3.05) is 25.0 Å². The minimum Gasteiger partial charge on any atom is -0.339 e.